The van der Waals surface area contributed by atoms with Crippen LogP contribution in [-0.2, 0) is 9.59 Å². The quantitative estimate of drug-likeness (QED) is 0.676. The number of likely N-dealkylation sites (tertiary alicyclic amines) is 1. The zero-order valence-corrected chi connectivity index (χ0v) is 18.3. The van der Waals surface area contributed by atoms with E-state index < -0.39 is 0 Å². The second kappa shape index (κ2) is 10.2. The first-order valence-electron chi connectivity index (χ1n) is 10.9. The first-order valence-corrected chi connectivity index (χ1v) is 11.3. The number of halogens is 1. The van der Waals surface area contributed by atoms with Gasteiger partial charge in [-0.2, -0.15) is 0 Å². The summed E-state index contributed by atoms with van der Waals surface area (Å²) in [5.74, 6) is 0.524. The standard InChI is InChI=1S/C24H28ClN3O3/c25-21-10-2-1-9-20(21)22(27-12-3-4-13-27)16-26-23(29)17-31-19-8-5-7-18(15-19)28-14-6-11-24(28)30/h1-2,5,7-10,15,22H,3-4,6,11-14,16-17H2,(H,26,29). The number of benzene rings is 2. The second-order valence-corrected chi connectivity index (χ2v) is 8.43. The van der Waals surface area contributed by atoms with Crippen molar-refractivity contribution in [2.45, 2.75) is 31.7 Å². The van der Waals surface area contributed by atoms with E-state index >= 15 is 0 Å². The molecule has 2 heterocycles. The zero-order chi connectivity index (χ0) is 21.6. The van der Waals surface area contributed by atoms with Gasteiger partial charge < -0.3 is 15.0 Å². The molecule has 2 aromatic carbocycles. The molecule has 2 saturated heterocycles. The molecule has 0 saturated carbocycles. The first kappa shape index (κ1) is 21.7. The van der Waals surface area contributed by atoms with Gasteiger partial charge in [0.25, 0.3) is 5.91 Å². The number of hydrogen-bond acceptors (Lipinski definition) is 4. The average molecular weight is 442 g/mol. The monoisotopic (exact) mass is 441 g/mol. The van der Waals surface area contributed by atoms with Crippen LogP contribution in [0.15, 0.2) is 48.5 Å². The van der Waals surface area contributed by atoms with E-state index in [4.69, 9.17) is 16.3 Å². The third-order valence-corrected chi connectivity index (χ3v) is 6.26. The molecule has 1 unspecified atom stereocenters. The molecule has 0 bridgehead atoms. The Morgan fingerprint density at radius 1 is 1.06 bits per heavy atom. The maximum Gasteiger partial charge on any atom is 0.258 e. The molecular formula is C24H28ClN3O3. The number of ether oxygens (including phenoxy) is 1. The molecule has 1 N–H and O–H groups in total. The van der Waals surface area contributed by atoms with Crippen LogP contribution in [0.4, 0.5) is 5.69 Å². The predicted molar refractivity (Wildman–Crippen MR) is 122 cm³/mol. The molecule has 1 atom stereocenters. The largest absolute Gasteiger partial charge is 0.484 e. The molecule has 0 aromatic heterocycles. The minimum absolute atomic E-state index is 0.0460. The molecule has 0 radical (unpaired) electrons. The van der Waals surface area contributed by atoms with E-state index in [1.165, 1.54) is 0 Å². The Hall–Kier alpha value is -2.57. The van der Waals surface area contributed by atoms with Crippen LogP contribution in [0.25, 0.3) is 0 Å². The number of anilines is 1. The van der Waals surface area contributed by atoms with Gasteiger partial charge in [0.2, 0.25) is 5.91 Å². The lowest BCUT2D eigenvalue weighted by molar-refractivity contribution is -0.123. The molecule has 2 fully saturated rings. The van der Waals surface area contributed by atoms with Gasteiger partial charge in [0.1, 0.15) is 5.75 Å². The van der Waals surface area contributed by atoms with E-state index in [9.17, 15) is 9.59 Å². The highest BCUT2D eigenvalue weighted by molar-refractivity contribution is 6.31. The van der Waals surface area contributed by atoms with Crippen molar-refractivity contribution in [3.63, 3.8) is 0 Å². The molecule has 0 spiro atoms. The number of rotatable bonds is 8. The summed E-state index contributed by atoms with van der Waals surface area (Å²) in [6.45, 7) is 3.14. The topological polar surface area (TPSA) is 61.9 Å². The Morgan fingerprint density at radius 2 is 1.87 bits per heavy atom. The van der Waals surface area contributed by atoms with Crippen molar-refractivity contribution >= 4 is 29.1 Å². The summed E-state index contributed by atoms with van der Waals surface area (Å²) >= 11 is 6.44. The van der Waals surface area contributed by atoms with Crippen molar-refractivity contribution in [3.8, 4) is 5.75 Å². The van der Waals surface area contributed by atoms with Crippen molar-refractivity contribution in [2.75, 3.05) is 37.7 Å². The van der Waals surface area contributed by atoms with Crippen molar-refractivity contribution < 1.29 is 14.3 Å². The number of nitrogens with one attached hydrogen (secondary N) is 1. The molecule has 6 nitrogen and oxygen atoms in total. The normalized spacial score (nSPS) is 17.7. The highest BCUT2D eigenvalue weighted by atomic mass is 35.5. The SMILES string of the molecule is O=C(COc1cccc(N2CCCC2=O)c1)NCC(c1ccccc1Cl)N1CCCC1. The van der Waals surface area contributed by atoms with Crippen LogP contribution in [0.3, 0.4) is 0 Å². The maximum atomic E-state index is 12.5. The van der Waals surface area contributed by atoms with E-state index in [2.05, 4.69) is 10.2 Å². The lowest BCUT2D eigenvalue weighted by atomic mass is 10.1. The van der Waals surface area contributed by atoms with Gasteiger partial charge in [-0.3, -0.25) is 14.5 Å². The van der Waals surface area contributed by atoms with Gasteiger partial charge in [-0.1, -0.05) is 35.9 Å². The number of hydrogen-bond donors (Lipinski definition) is 1. The van der Waals surface area contributed by atoms with Crippen LogP contribution in [0.1, 0.15) is 37.3 Å². The van der Waals surface area contributed by atoms with Gasteiger partial charge in [0.15, 0.2) is 6.61 Å². The summed E-state index contributed by atoms with van der Waals surface area (Å²) in [5, 5.41) is 3.72. The Bertz CT molecular complexity index is 930. The highest BCUT2D eigenvalue weighted by Crippen LogP contribution is 2.30. The van der Waals surface area contributed by atoms with E-state index in [0.717, 1.165) is 55.2 Å². The zero-order valence-electron chi connectivity index (χ0n) is 17.6. The van der Waals surface area contributed by atoms with Crippen molar-refractivity contribution in [1.82, 2.24) is 10.2 Å². The van der Waals surface area contributed by atoms with Gasteiger partial charge in [0, 0.05) is 36.3 Å². The van der Waals surface area contributed by atoms with Gasteiger partial charge in [-0.25, -0.2) is 0 Å². The fraction of sp³-hybridized carbons (Fsp3) is 0.417. The van der Waals surface area contributed by atoms with Crippen molar-refractivity contribution in [3.05, 3.63) is 59.1 Å². The molecule has 164 valence electrons. The number of amides is 2. The van der Waals surface area contributed by atoms with Crippen molar-refractivity contribution in [2.24, 2.45) is 0 Å². The molecular weight excluding hydrogens is 414 g/mol. The smallest absolute Gasteiger partial charge is 0.258 e. The molecule has 7 heteroatoms. The molecule has 0 aliphatic carbocycles. The minimum atomic E-state index is -0.182. The van der Waals surface area contributed by atoms with E-state index in [1.807, 2.05) is 42.5 Å². The second-order valence-electron chi connectivity index (χ2n) is 8.02. The molecule has 2 aliphatic heterocycles. The lowest BCUT2D eigenvalue weighted by Crippen LogP contribution is -2.38. The minimum Gasteiger partial charge on any atom is -0.484 e. The maximum absolute atomic E-state index is 12.5. The van der Waals surface area contributed by atoms with Crippen LogP contribution in [-0.4, -0.2) is 49.5 Å². The Morgan fingerprint density at radius 3 is 2.61 bits per heavy atom. The Balaban J connectivity index is 1.34. The predicted octanol–water partition coefficient (Wildman–Crippen LogP) is 3.80. The molecule has 31 heavy (non-hydrogen) atoms. The Kier molecular flexibility index (Phi) is 7.10. The third-order valence-electron chi connectivity index (χ3n) is 5.91. The van der Waals surface area contributed by atoms with Crippen LogP contribution in [0.2, 0.25) is 5.02 Å². The lowest BCUT2D eigenvalue weighted by Gasteiger charge is -2.29. The molecule has 2 amide bonds. The van der Waals surface area contributed by atoms with Crippen LogP contribution in [0, 0.1) is 0 Å². The molecule has 2 aliphatic rings. The van der Waals surface area contributed by atoms with Gasteiger partial charge in [0.05, 0.1) is 6.04 Å². The average Bonchev–Trinajstić information content (AvgIpc) is 3.46. The van der Waals surface area contributed by atoms with Gasteiger partial charge in [-0.15, -0.1) is 0 Å². The van der Waals surface area contributed by atoms with E-state index in [1.54, 1.807) is 11.0 Å². The van der Waals surface area contributed by atoms with E-state index in [0.29, 0.717) is 18.7 Å². The van der Waals surface area contributed by atoms with Crippen LogP contribution >= 0.6 is 11.6 Å². The van der Waals surface area contributed by atoms with E-state index in [-0.39, 0.29) is 24.5 Å². The van der Waals surface area contributed by atoms with Crippen LogP contribution in [0.5, 0.6) is 5.75 Å². The number of nitrogens with zero attached hydrogens (tertiary/aromatic N) is 2. The van der Waals surface area contributed by atoms with Crippen molar-refractivity contribution in [1.29, 1.82) is 0 Å². The van der Waals surface area contributed by atoms with Gasteiger partial charge in [-0.05, 0) is 56.1 Å². The summed E-state index contributed by atoms with van der Waals surface area (Å²) in [6, 6.07) is 15.2. The summed E-state index contributed by atoms with van der Waals surface area (Å²) in [6.07, 6.45) is 3.77. The highest BCUT2D eigenvalue weighted by Gasteiger charge is 2.26. The molecule has 2 aromatic rings. The summed E-state index contributed by atoms with van der Waals surface area (Å²) in [4.78, 5) is 28.6. The number of carbonyl (C=O) groups excluding carboxylic acids is 2. The number of carbonyl (C=O) groups is 2. The first-order chi connectivity index (χ1) is 15.1. The fourth-order valence-corrected chi connectivity index (χ4v) is 4.57. The molecule has 4 rings (SSSR count). The summed E-state index contributed by atoms with van der Waals surface area (Å²) in [5.41, 5.74) is 1.85. The summed E-state index contributed by atoms with van der Waals surface area (Å²) in [7, 11) is 0. The fourth-order valence-electron chi connectivity index (χ4n) is 4.31. The Labute approximate surface area is 188 Å². The van der Waals surface area contributed by atoms with Gasteiger partial charge >= 0.3 is 0 Å². The summed E-state index contributed by atoms with van der Waals surface area (Å²) < 4.78 is 5.70. The van der Waals surface area contributed by atoms with Crippen LogP contribution < -0.4 is 15.0 Å². The third kappa shape index (κ3) is 5.38.